The lowest BCUT2D eigenvalue weighted by Gasteiger charge is -2.52. The molecule has 0 aliphatic carbocycles. The summed E-state index contributed by atoms with van der Waals surface area (Å²) in [4.78, 5) is 87.7. The third-order valence-electron chi connectivity index (χ3n) is 10.0. The number of rotatable bonds is 14. The highest BCUT2D eigenvalue weighted by atomic mass is 35.6. The molecule has 4 heterocycles. The Kier molecular flexibility index (Phi) is 18.6. The summed E-state index contributed by atoms with van der Waals surface area (Å²) in [6, 6.07) is 8.58. The van der Waals surface area contributed by atoms with Crippen LogP contribution in [0.15, 0.2) is 30.3 Å². The highest BCUT2D eigenvalue weighted by Crippen LogP contribution is 2.42. The lowest BCUT2D eigenvalue weighted by atomic mass is 9.95. The van der Waals surface area contributed by atoms with E-state index in [0.29, 0.717) is 5.56 Å². The molecule has 0 bridgehead atoms. The van der Waals surface area contributed by atoms with Crippen molar-refractivity contribution in [2.45, 2.75) is 158 Å². The van der Waals surface area contributed by atoms with Crippen LogP contribution in [-0.2, 0) is 105 Å². The number of carbonyl (C=O) groups is 7. The van der Waals surface area contributed by atoms with Gasteiger partial charge in [0.15, 0.2) is 61.6 Å². The van der Waals surface area contributed by atoms with E-state index in [9.17, 15) is 33.6 Å². The fourth-order valence-corrected chi connectivity index (χ4v) is 7.72. The third-order valence-corrected chi connectivity index (χ3v) is 10.5. The summed E-state index contributed by atoms with van der Waals surface area (Å²) in [5.74, 6) is -7.24. The van der Waals surface area contributed by atoms with Crippen LogP contribution in [0.2, 0.25) is 0 Å². The van der Waals surface area contributed by atoms with Crippen molar-refractivity contribution in [1.29, 1.82) is 5.41 Å². The van der Waals surface area contributed by atoms with E-state index in [4.69, 9.17) is 111 Å². The zero-order valence-electron chi connectivity index (χ0n) is 37.2. The van der Waals surface area contributed by atoms with Gasteiger partial charge in [-0.15, -0.1) is 0 Å². The molecule has 4 aliphatic rings. The summed E-state index contributed by atoms with van der Waals surface area (Å²) >= 11 is 18.2. The molecule has 4 aliphatic heterocycles. The Morgan fingerprint density at radius 3 is 1.57 bits per heavy atom. The topological polar surface area (TPSA) is 282 Å². The molecule has 372 valence electrons. The van der Waals surface area contributed by atoms with Crippen LogP contribution in [-0.4, -0.2) is 157 Å². The molecule has 0 aromatic heterocycles. The van der Waals surface area contributed by atoms with Crippen LogP contribution in [0.5, 0.6) is 0 Å². The second-order valence-electron chi connectivity index (χ2n) is 15.4. The van der Waals surface area contributed by atoms with Crippen LogP contribution in [0, 0.1) is 5.41 Å². The summed E-state index contributed by atoms with van der Waals surface area (Å²) in [7, 11) is 0. The molecule has 23 nitrogen and oxygen atoms in total. The number of carbonyl (C=O) groups excluding carboxylic acids is 7. The van der Waals surface area contributed by atoms with E-state index in [2.05, 4.69) is 0 Å². The Morgan fingerprint density at radius 1 is 0.567 bits per heavy atom. The van der Waals surface area contributed by atoms with Gasteiger partial charge in [-0.2, -0.15) is 0 Å². The smallest absolute Gasteiger partial charge is 0.303 e. The number of alkyl halides is 3. The molecular weight excluding hydrogens is 965 g/mol. The van der Waals surface area contributed by atoms with Crippen LogP contribution >= 0.6 is 34.8 Å². The van der Waals surface area contributed by atoms with Gasteiger partial charge in [-0.25, -0.2) is 0 Å². The predicted octanol–water partition coefficient (Wildman–Crippen LogP) is 2.58. The fourth-order valence-electron chi connectivity index (χ4n) is 7.59. The Hall–Kier alpha value is -4.43. The van der Waals surface area contributed by atoms with E-state index in [1.165, 1.54) is 6.92 Å². The van der Waals surface area contributed by atoms with Crippen LogP contribution < -0.4 is 0 Å². The molecule has 0 spiro atoms. The molecule has 26 heteroatoms. The fraction of sp³-hybridized carbons (Fsp3) is 0.659. The number of esters is 7. The molecule has 1 N–H and O–H groups in total. The number of hydrogen-bond acceptors (Lipinski definition) is 23. The molecule has 4 fully saturated rings. The highest BCUT2D eigenvalue weighted by molar-refractivity contribution is 6.76. The largest absolute Gasteiger partial charge is 0.463 e. The monoisotopic (exact) mass is 1010 g/mol. The SMILES string of the molecule is CC(=O)OC[C@H]1O[C@@H](O[C@H]2[C@@H]3O[C@H](c4ccccc4)OC[C@H]3OC(OC(=N)C(Cl)(Cl)Cl)[C@@H]2O[C@@H]2O[C@@H](C)[C@H](OC(C)=O)[C@@H](OC(C)=O)[C@H]2OC(C)=O)[C@H](OC(C)=O)[C@@H](OC(C)=O)[C@@H]1OC(C)=O. The molecule has 5 rings (SSSR count). The van der Waals surface area contributed by atoms with Crippen molar-refractivity contribution in [1.82, 2.24) is 0 Å². The quantitative estimate of drug-likeness (QED) is 0.0921. The number of ether oxygens (including phenoxy) is 15. The lowest BCUT2D eigenvalue weighted by Crippen LogP contribution is -2.69. The maximum atomic E-state index is 12.8. The van der Waals surface area contributed by atoms with Crippen molar-refractivity contribution in [3.8, 4) is 0 Å². The maximum Gasteiger partial charge on any atom is 0.303 e. The summed E-state index contributed by atoms with van der Waals surface area (Å²) in [5, 5.41) is 8.55. The van der Waals surface area contributed by atoms with Gasteiger partial charge < -0.3 is 71.1 Å². The summed E-state index contributed by atoms with van der Waals surface area (Å²) in [6.45, 7) is 7.86. The second kappa shape index (κ2) is 23.2. The number of halogens is 3. The zero-order valence-corrected chi connectivity index (χ0v) is 39.4. The van der Waals surface area contributed by atoms with Gasteiger partial charge in [0.1, 0.15) is 31.0 Å². The first-order valence-corrected chi connectivity index (χ1v) is 21.6. The van der Waals surface area contributed by atoms with E-state index in [1.807, 2.05) is 0 Å². The Labute approximate surface area is 398 Å². The van der Waals surface area contributed by atoms with Crippen LogP contribution in [0.4, 0.5) is 0 Å². The van der Waals surface area contributed by atoms with E-state index in [-0.39, 0.29) is 6.61 Å². The van der Waals surface area contributed by atoms with Gasteiger partial charge in [-0.1, -0.05) is 65.1 Å². The normalized spacial score (nSPS) is 33.9. The molecule has 0 radical (unpaired) electrons. The van der Waals surface area contributed by atoms with Gasteiger partial charge in [-0.05, 0) is 6.92 Å². The van der Waals surface area contributed by atoms with E-state index in [0.717, 1.165) is 48.5 Å². The van der Waals surface area contributed by atoms with Crippen molar-refractivity contribution < 1.29 is 105 Å². The molecule has 1 unspecified atom stereocenters. The Morgan fingerprint density at radius 2 is 1.04 bits per heavy atom. The van der Waals surface area contributed by atoms with Gasteiger partial charge in [0.25, 0.3) is 3.79 Å². The molecule has 1 aromatic carbocycles. The molecular formula is C41H50Cl3NO22. The van der Waals surface area contributed by atoms with Crippen LogP contribution in [0.3, 0.4) is 0 Å². The van der Waals surface area contributed by atoms with Crippen molar-refractivity contribution >= 4 is 82.5 Å². The second-order valence-corrected chi connectivity index (χ2v) is 17.6. The van der Waals surface area contributed by atoms with Gasteiger partial charge in [0.2, 0.25) is 12.2 Å². The first-order valence-electron chi connectivity index (χ1n) is 20.5. The molecule has 1 aromatic rings. The minimum absolute atomic E-state index is 0.276. The van der Waals surface area contributed by atoms with Crippen molar-refractivity contribution in [3.63, 3.8) is 0 Å². The molecule has 16 atom stereocenters. The summed E-state index contributed by atoms with van der Waals surface area (Å²) < 4.78 is 86.7. The average Bonchev–Trinajstić information content (AvgIpc) is 3.21. The van der Waals surface area contributed by atoms with Gasteiger partial charge in [0, 0.05) is 54.0 Å². The number of nitrogens with one attached hydrogen (secondary N) is 1. The third kappa shape index (κ3) is 14.3. The lowest BCUT2D eigenvalue weighted by molar-refractivity contribution is -0.408. The first-order chi connectivity index (χ1) is 31.4. The minimum atomic E-state index is -2.52. The van der Waals surface area contributed by atoms with Gasteiger partial charge in [0.05, 0.1) is 12.7 Å². The van der Waals surface area contributed by atoms with E-state index in [1.54, 1.807) is 30.3 Å². The highest BCUT2D eigenvalue weighted by Gasteiger charge is 2.60. The van der Waals surface area contributed by atoms with E-state index < -0.39 is 156 Å². The van der Waals surface area contributed by atoms with Gasteiger partial charge in [-0.3, -0.25) is 39.0 Å². The molecule has 0 saturated carbocycles. The standard InChI is InChI=1S/C41H50Cl3NO22/c1-16-27(56-18(3)47)30(58-20(5)49)33(60-22(7)51)37(55-16)66-35-32(29-26(63-39(35)67-40(45)41(42,43)44)15-54-36(64-29)24-12-10-9-11-13-24)65-38-34(61-23(8)52)31(59-21(6)50)28(57-19(4)48)25(62-38)14-53-17(2)46/h9-13,16,25-39,45H,14-15H2,1-8H3/t16-,25+,26+,27-,28+,29+,30+,31-,32-,33+,34+,35+,36+,37-,38-,39?/m0/s1. The summed E-state index contributed by atoms with van der Waals surface area (Å²) in [5.41, 5.74) is 0.515. The Balaban J connectivity index is 1.71. The van der Waals surface area contributed by atoms with Crippen LogP contribution in [0.1, 0.15) is 67.2 Å². The summed E-state index contributed by atoms with van der Waals surface area (Å²) in [6.07, 6.45) is -25.4. The van der Waals surface area contributed by atoms with Crippen LogP contribution in [0.25, 0.3) is 0 Å². The van der Waals surface area contributed by atoms with Crippen molar-refractivity contribution in [2.24, 2.45) is 0 Å². The maximum absolute atomic E-state index is 12.8. The average molecular weight is 1020 g/mol. The first kappa shape index (κ1) is 53.5. The number of fused-ring (bicyclic) bond motifs is 1. The molecule has 0 amide bonds. The Bertz CT molecular complexity index is 1970. The van der Waals surface area contributed by atoms with Gasteiger partial charge >= 0.3 is 41.8 Å². The van der Waals surface area contributed by atoms with Crippen molar-refractivity contribution in [3.05, 3.63) is 35.9 Å². The van der Waals surface area contributed by atoms with E-state index >= 15 is 0 Å². The number of benzene rings is 1. The minimum Gasteiger partial charge on any atom is -0.463 e. The predicted molar refractivity (Wildman–Crippen MR) is 220 cm³/mol. The zero-order chi connectivity index (χ0) is 49.5. The number of hydrogen-bond donors (Lipinski definition) is 1. The molecule has 67 heavy (non-hydrogen) atoms. The van der Waals surface area contributed by atoms with Crippen molar-refractivity contribution in [2.75, 3.05) is 13.2 Å². The molecule has 4 saturated heterocycles.